The van der Waals surface area contributed by atoms with Crippen LogP contribution in [0.5, 0.6) is 0 Å². The molecule has 1 atom stereocenters. The molecule has 0 aliphatic carbocycles. The number of nitro benzene ring substituents is 1. The van der Waals surface area contributed by atoms with E-state index >= 15 is 0 Å². The fourth-order valence-corrected chi connectivity index (χ4v) is 1.65. The van der Waals surface area contributed by atoms with E-state index < -0.39 is 11.0 Å². The average molecular weight is 251 g/mol. The summed E-state index contributed by atoms with van der Waals surface area (Å²) in [6, 6.07) is 4.25. The Balaban J connectivity index is 2.91. The van der Waals surface area contributed by atoms with E-state index in [1.165, 1.54) is 17.0 Å². The summed E-state index contributed by atoms with van der Waals surface area (Å²) < 4.78 is 0. The molecule has 0 aliphatic heterocycles. The van der Waals surface area contributed by atoms with E-state index in [9.17, 15) is 14.9 Å². The number of benzene rings is 1. The van der Waals surface area contributed by atoms with Crippen molar-refractivity contribution >= 4 is 17.3 Å². The van der Waals surface area contributed by atoms with Gasteiger partial charge in [0.05, 0.1) is 4.92 Å². The lowest BCUT2D eigenvalue weighted by atomic mass is 10.2. The molecule has 6 nitrogen and oxygen atoms in total. The Labute approximate surface area is 106 Å². The van der Waals surface area contributed by atoms with Crippen molar-refractivity contribution in [3.05, 3.63) is 33.9 Å². The van der Waals surface area contributed by atoms with Gasteiger partial charge >= 0.3 is 0 Å². The molecule has 1 rings (SSSR count). The number of nitrogens with zero attached hydrogens (tertiary/aromatic N) is 2. The number of amides is 1. The van der Waals surface area contributed by atoms with Crippen LogP contribution in [0.2, 0.25) is 0 Å². The molecule has 0 spiro atoms. The number of likely N-dealkylation sites (N-methyl/N-ethyl adjacent to an activating group) is 1. The zero-order valence-corrected chi connectivity index (χ0v) is 10.9. The third-order valence-corrected chi connectivity index (χ3v) is 2.47. The minimum atomic E-state index is -0.448. The number of anilines is 1. The first-order chi connectivity index (χ1) is 8.31. The van der Waals surface area contributed by atoms with Crippen molar-refractivity contribution in [3.8, 4) is 0 Å². The van der Waals surface area contributed by atoms with Crippen LogP contribution in [-0.4, -0.2) is 35.9 Å². The third-order valence-electron chi connectivity index (χ3n) is 2.47. The molecule has 0 saturated heterocycles. The molecule has 0 fully saturated rings. The highest BCUT2D eigenvalue weighted by Crippen LogP contribution is 2.21. The van der Waals surface area contributed by atoms with Crippen LogP contribution in [0.25, 0.3) is 0 Å². The number of aryl methyl sites for hydroxylation is 1. The lowest BCUT2D eigenvalue weighted by molar-refractivity contribution is -0.384. The van der Waals surface area contributed by atoms with Crippen molar-refractivity contribution in [3.63, 3.8) is 0 Å². The van der Waals surface area contributed by atoms with E-state index in [1.54, 1.807) is 34.0 Å². The second kappa shape index (κ2) is 5.48. The number of carbonyl (C=O) groups is 1. The van der Waals surface area contributed by atoms with Crippen molar-refractivity contribution in [1.82, 2.24) is 4.90 Å². The van der Waals surface area contributed by atoms with Crippen LogP contribution in [-0.2, 0) is 4.79 Å². The quantitative estimate of drug-likeness (QED) is 0.654. The van der Waals surface area contributed by atoms with Gasteiger partial charge in [-0.05, 0) is 25.5 Å². The Hall–Kier alpha value is -2.11. The smallest absolute Gasteiger partial charge is 0.271 e. The topological polar surface area (TPSA) is 75.5 Å². The summed E-state index contributed by atoms with van der Waals surface area (Å²) >= 11 is 0. The summed E-state index contributed by atoms with van der Waals surface area (Å²) in [5, 5.41) is 13.7. The van der Waals surface area contributed by atoms with E-state index in [4.69, 9.17) is 0 Å². The van der Waals surface area contributed by atoms with E-state index in [1.807, 2.05) is 0 Å². The Kier molecular flexibility index (Phi) is 4.25. The summed E-state index contributed by atoms with van der Waals surface area (Å²) in [7, 11) is 3.33. The number of nitro groups is 1. The molecule has 18 heavy (non-hydrogen) atoms. The van der Waals surface area contributed by atoms with Gasteiger partial charge in [0.1, 0.15) is 6.04 Å². The van der Waals surface area contributed by atoms with Crippen LogP contribution < -0.4 is 5.32 Å². The predicted octanol–water partition coefficient (Wildman–Crippen LogP) is 1.79. The number of hydrogen-bond donors (Lipinski definition) is 1. The van der Waals surface area contributed by atoms with Crippen molar-refractivity contribution < 1.29 is 9.72 Å². The first-order valence-electron chi connectivity index (χ1n) is 5.55. The van der Waals surface area contributed by atoms with Crippen LogP contribution in [0.3, 0.4) is 0 Å². The van der Waals surface area contributed by atoms with E-state index in [0.29, 0.717) is 5.69 Å². The van der Waals surface area contributed by atoms with Gasteiger partial charge in [-0.1, -0.05) is 0 Å². The number of nitrogens with one attached hydrogen (secondary N) is 1. The molecule has 98 valence electrons. The fraction of sp³-hybridized carbons (Fsp3) is 0.417. The molecule has 0 bridgehead atoms. The van der Waals surface area contributed by atoms with E-state index in [2.05, 4.69) is 5.32 Å². The van der Waals surface area contributed by atoms with Gasteiger partial charge in [0, 0.05) is 31.9 Å². The van der Waals surface area contributed by atoms with E-state index in [-0.39, 0.29) is 11.6 Å². The van der Waals surface area contributed by atoms with Gasteiger partial charge < -0.3 is 10.2 Å². The highest BCUT2D eigenvalue weighted by atomic mass is 16.6. The summed E-state index contributed by atoms with van der Waals surface area (Å²) in [4.78, 5) is 23.4. The van der Waals surface area contributed by atoms with Gasteiger partial charge in [0.25, 0.3) is 5.69 Å². The van der Waals surface area contributed by atoms with Crippen LogP contribution in [0.4, 0.5) is 11.4 Å². The molecule has 0 radical (unpaired) electrons. The minimum Gasteiger partial charge on any atom is -0.374 e. The first-order valence-corrected chi connectivity index (χ1v) is 5.55. The second-order valence-electron chi connectivity index (χ2n) is 4.41. The normalized spacial score (nSPS) is 11.8. The van der Waals surface area contributed by atoms with Gasteiger partial charge in [0.15, 0.2) is 0 Å². The van der Waals surface area contributed by atoms with Gasteiger partial charge in [-0.3, -0.25) is 14.9 Å². The van der Waals surface area contributed by atoms with Crippen molar-refractivity contribution in [2.24, 2.45) is 0 Å². The summed E-state index contributed by atoms with van der Waals surface area (Å²) in [5.41, 5.74) is 1.36. The van der Waals surface area contributed by atoms with E-state index in [0.717, 1.165) is 5.56 Å². The Morgan fingerprint density at radius 3 is 2.50 bits per heavy atom. The fourth-order valence-electron chi connectivity index (χ4n) is 1.65. The highest BCUT2D eigenvalue weighted by molar-refractivity contribution is 5.84. The molecular weight excluding hydrogens is 234 g/mol. The van der Waals surface area contributed by atoms with Gasteiger partial charge in [-0.2, -0.15) is 0 Å². The molecule has 1 N–H and O–H groups in total. The summed E-state index contributed by atoms with van der Waals surface area (Å²) in [6.07, 6.45) is 0. The zero-order chi connectivity index (χ0) is 13.9. The maximum Gasteiger partial charge on any atom is 0.271 e. The van der Waals surface area contributed by atoms with Crippen molar-refractivity contribution in [1.29, 1.82) is 0 Å². The third kappa shape index (κ3) is 3.44. The van der Waals surface area contributed by atoms with Crippen LogP contribution in [0.1, 0.15) is 12.5 Å². The Bertz CT molecular complexity index is 472. The van der Waals surface area contributed by atoms with Crippen molar-refractivity contribution in [2.75, 3.05) is 19.4 Å². The molecule has 1 amide bonds. The number of hydrogen-bond acceptors (Lipinski definition) is 4. The molecule has 0 aromatic heterocycles. The molecule has 0 saturated carbocycles. The van der Waals surface area contributed by atoms with Gasteiger partial charge in [-0.15, -0.1) is 0 Å². The Morgan fingerprint density at radius 1 is 1.39 bits per heavy atom. The Morgan fingerprint density at radius 2 is 2.00 bits per heavy atom. The van der Waals surface area contributed by atoms with Gasteiger partial charge in [0.2, 0.25) is 5.91 Å². The second-order valence-corrected chi connectivity index (χ2v) is 4.41. The predicted molar refractivity (Wildman–Crippen MR) is 69.6 cm³/mol. The maximum absolute atomic E-state index is 11.7. The van der Waals surface area contributed by atoms with Crippen LogP contribution in [0.15, 0.2) is 18.2 Å². The highest BCUT2D eigenvalue weighted by Gasteiger charge is 2.16. The molecule has 0 heterocycles. The standard InChI is InChI=1S/C12H17N3O3/c1-8-5-10(7-11(6-8)15(17)18)13-9(2)12(16)14(3)4/h5-7,9,13H,1-4H3. The number of carbonyl (C=O) groups excluding carboxylic acids is 1. The van der Waals surface area contributed by atoms with Crippen LogP contribution >= 0.6 is 0 Å². The molecule has 1 aromatic carbocycles. The molecular formula is C12H17N3O3. The first kappa shape index (κ1) is 14.0. The number of rotatable bonds is 4. The minimum absolute atomic E-state index is 0.0157. The molecule has 6 heteroatoms. The molecule has 1 unspecified atom stereocenters. The lowest BCUT2D eigenvalue weighted by Crippen LogP contribution is -2.36. The van der Waals surface area contributed by atoms with Crippen molar-refractivity contribution in [2.45, 2.75) is 19.9 Å². The van der Waals surface area contributed by atoms with Gasteiger partial charge in [-0.25, -0.2) is 0 Å². The monoisotopic (exact) mass is 251 g/mol. The SMILES string of the molecule is Cc1cc(NC(C)C(=O)N(C)C)cc([N+](=O)[O-])c1. The lowest BCUT2D eigenvalue weighted by Gasteiger charge is -2.19. The number of non-ortho nitro benzene ring substituents is 1. The maximum atomic E-state index is 11.7. The zero-order valence-electron chi connectivity index (χ0n) is 10.9. The summed E-state index contributed by atoms with van der Waals surface area (Å²) in [5.74, 6) is -0.0841. The average Bonchev–Trinajstić information content (AvgIpc) is 2.26. The van der Waals surface area contributed by atoms with Crippen LogP contribution in [0, 0.1) is 17.0 Å². The summed E-state index contributed by atoms with van der Waals surface area (Å²) in [6.45, 7) is 3.49. The molecule has 0 aliphatic rings. The molecule has 1 aromatic rings. The largest absolute Gasteiger partial charge is 0.374 e.